The third-order valence-electron chi connectivity index (χ3n) is 2.10. The van der Waals surface area contributed by atoms with Crippen molar-refractivity contribution >= 4 is 23.4 Å². The minimum absolute atomic E-state index is 0.108. The molecule has 0 fully saturated rings. The fraction of sp³-hybridized carbons (Fsp3) is 0.455. The number of nitrogens with zero attached hydrogens (tertiary/aromatic N) is 1. The van der Waals surface area contributed by atoms with Gasteiger partial charge in [0.15, 0.2) is 0 Å². The SMILES string of the molecule is CNc1ccc(C(=O)NCCCSC)nc1. The zero-order valence-electron chi connectivity index (χ0n) is 9.62. The Morgan fingerprint density at radius 3 is 2.88 bits per heavy atom. The number of carbonyl (C=O) groups is 1. The minimum atomic E-state index is -0.108. The maximum atomic E-state index is 11.6. The molecule has 1 aromatic rings. The van der Waals surface area contributed by atoms with E-state index in [0.717, 1.165) is 17.9 Å². The molecule has 0 aliphatic rings. The Balaban J connectivity index is 2.40. The van der Waals surface area contributed by atoms with Crippen molar-refractivity contribution in [3.63, 3.8) is 0 Å². The van der Waals surface area contributed by atoms with E-state index in [2.05, 4.69) is 21.9 Å². The van der Waals surface area contributed by atoms with Gasteiger partial charge in [0.05, 0.1) is 11.9 Å². The lowest BCUT2D eigenvalue weighted by molar-refractivity contribution is 0.0949. The molecule has 0 unspecified atom stereocenters. The fourth-order valence-corrected chi connectivity index (χ4v) is 1.62. The summed E-state index contributed by atoms with van der Waals surface area (Å²) in [5.41, 5.74) is 1.36. The van der Waals surface area contributed by atoms with E-state index in [0.29, 0.717) is 12.2 Å². The second kappa shape index (κ2) is 7.11. The number of aromatic nitrogens is 1. The number of carbonyl (C=O) groups excluding carboxylic acids is 1. The monoisotopic (exact) mass is 239 g/mol. The highest BCUT2D eigenvalue weighted by Crippen LogP contribution is 2.04. The summed E-state index contributed by atoms with van der Waals surface area (Å²) >= 11 is 1.78. The molecule has 0 atom stereocenters. The molecule has 2 N–H and O–H groups in total. The molecule has 16 heavy (non-hydrogen) atoms. The van der Waals surface area contributed by atoms with Crippen LogP contribution >= 0.6 is 11.8 Å². The minimum Gasteiger partial charge on any atom is -0.387 e. The first-order valence-corrected chi connectivity index (χ1v) is 6.58. The number of amides is 1. The fourth-order valence-electron chi connectivity index (χ4n) is 1.19. The zero-order valence-corrected chi connectivity index (χ0v) is 10.4. The maximum absolute atomic E-state index is 11.6. The Morgan fingerprint density at radius 1 is 1.50 bits per heavy atom. The molecule has 1 aromatic heterocycles. The van der Waals surface area contributed by atoms with E-state index in [4.69, 9.17) is 0 Å². The molecule has 1 amide bonds. The van der Waals surface area contributed by atoms with Crippen LogP contribution in [0.3, 0.4) is 0 Å². The van der Waals surface area contributed by atoms with E-state index in [-0.39, 0.29) is 5.91 Å². The molecule has 1 rings (SSSR count). The van der Waals surface area contributed by atoms with Crippen molar-refractivity contribution in [2.45, 2.75) is 6.42 Å². The van der Waals surface area contributed by atoms with E-state index in [1.54, 1.807) is 24.0 Å². The van der Waals surface area contributed by atoms with Gasteiger partial charge in [-0.2, -0.15) is 11.8 Å². The number of pyridine rings is 1. The van der Waals surface area contributed by atoms with Gasteiger partial charge in [0.2, 0.25) is 0 Å². The van der Waals surface area contributed by atoms with E-state index in [1.807, 2.05) is 13.1 Å². The highest BCUT2D eigenvalue weighted by Gasteiger charge is 2.05. The van der Waals surface area contributed by atoms with Crippen molar-refractivity contribution in [1.29, 1.82) is 0 Å². The van der Waals surface area contributed by atoms with Crippen LogP contribution in [-0.4, -0.2) is 36.5 Å². The second-order valence-corrected chi connectivity index (χ2v) is 4.27. The Bertz CT molecular complexity index is 327. The van der Waals surface area contributed by atoms with Crippen LogP contribution in [0.25, 0.3) is 0 Å². The lowest BCUT2D eigenvalue weighted by Crippen LogP contribution is -2.25. The summed E-state index contributed by atoms with van der Waals surface area (Å²) in [6.07, 6.45) is 4.69. The van der Waals surface area contributed by atoms with E-state index in [9.17, 15) is 4.79 Å². The maximum Gasteiger partial charge on any atom is 0.269 e. The molecular formula is C11H17N3OS. The number of thioether (sulfide) groups is 1. The van der Waals surface area contributed by atoms with E-state index in [1.165, 1.54) is 0 Å². The summed E-state index contributed by atoms with van der Waals surface area (Å²) in [5, 5.41) is 5.79. The molecule has 0 aliphatic carbocycles. The van der Waals surface area contributed by atoms with Crippen molar-refractivity contribution in [3.8, 4) is 0 Å². The van der Waals surface area contributed by atoms with Crippen LogP contribution in [0.1, 0.15) is 16.9 Å². The van der Waals surface area contributed by atoms with Crippen LogP contribution in [0.15, 0.2) is 18.3 Å². The van der Waals surface area contributed by atoms with Gasteiger partial charge >= 0.3 is 0 Å². The predicted octanol–water partition coefficient (Wildman–Crippen LogP) is 1.61. The van der Waals surface area contributed by atoms with Gasteiger partial charge in [0.25, 0.3) is 5.91 Å². The van der Waals surface area contributed by atoms with E-state index >= 15 is 0 Å². The lowest BCUT2D eigenvalue weighted by atomic mass is 10.3. The van der Waals surface area contributed by atoms with Gasteiger partial charge in [-0.25, -0.2) is 4.98 Å². The van der Waals surface area contributed by atoms with Crippen LogP contribution < -0.4 is 10.6 Å². The lowest BCUT2D eigenvalue weighted by Gasteiger charge is -2.04. The van der Waals surface area contributed by atoms with E-state index < -0.39 is 0 Å². The summed E-state index contributed by atoms with van der Waals surface area (Å²) in [5.74, 6) is 0.954. The number of hydrogen-bond donors (Lipinski definition) is 2. The van der Waals surface area contributed by atoms with Gasteiger partial charge < -0.3 is 10.6 Å². The van der Waals surface area contributed by atoms with Crippen LogP contribution in [0.5, 0.6) is 0 Å². The van der Waals surface area contributed by atoms with Crippen molar-refractivity contribution in [2.24, 2.45) is 0 Å². The molecule has 5 heteroatoms. The predicted molar refractivity (Wildman–Crippen MR) is 69.1 cm³/mol. The smallest absolute Gasteiger partial charge is 0.269 e. The van der Waals surface area contributed by atoms with Crippen molar-refractivity contribution in [2.75, 3.05) is 30.9 Å². The third-order valence-corrected chi connectivity index (χ3v) is 2.79. The molecule has 1 heterocycles. The molecule has 0 saturated carbocycles. The highest BCUT2D eigenvalue weighted by atomic mass is 32.2. The van der Waals surface area contributed by atoms with Gasteiger partial charge in [-0.05, 0) is 30.6 Å². The summed E-state index contributed by atoms with van der Waals surface area (Å²) in [7, 11) is 1.82. The highest BCUT2D eigenvalue weighted by molar-refractivity contribution is 7.98. The largest absolute Gasteiger partial charge is 0.387 e. The summed E-state index contributed by atoms with van der Waals surface area (Å²) < 4.78 is 0. The number of hydrogen-bond acceptors (Lipinski definition) is 4. The quantitative estimate of drug-likeness (QED) is 0.740. The molecular weight excluding hydrogens is 222 g/mol. The number of nitrogens with one attached hydrogen (secondary N) is 2. The molecule has 0 spiro atoms. The van der Waals surface area contributed by atoms with Gasteiger partial charge in [-0.15, -0.1) is 0 Å². The summed E-state index contributed by atoms with van der Waals surface area (Å²) in [4.78, 5) is 15.7. The first-order valence-electron chi connectivity index (χ1n) is 5.19. The Hall–Kier alpha value is -1.23. The van der Waals surface area contributed by atoms with Gasteiger partial charge in [-0.3, -0.25) is 4.79 Å². The average molecular weight is 239 g/mol. The standard InChI is InChI=1S/C11H17N3OS/c1-12-9-4-5-10(14-8-9)11(15)13-6-3-7-16-2/h4-5,8,12H,3,6-7H2,1-2H3,(H,13,15). The van der Waals surface area contributed by atoms with Crippen LogP contribution in [0.4, 0.5) is 5.69 Å². The van der Waals surface area contributed by atoms with Crippen molar-refractivity contribution in [1.82, 2.24) is 10.3 Å². The van der Waals surface area contributed by atoms with Crippen LogP contribution in [0.2, 0.25) is 0 Å². The Labute approximate surface area is 100 Å². The molecule has 0 radical (unpaired) electrons. The normalized spacial score (nSPS) is 9.88. The summed E-state index contributed by atoms with van der Waals surface area (Å²) in [6.45, 7) is 0.704. The number of rotatable bonds is 6. The summed E-state index contributed by atoms with van der Waals surface area (Å²) in [6, 6.07) is 3.56. The first-order chi connectivity index (χ1) is 7.77. The first kappa shape index (κ1) is 12.8. The van der Waals surface area contributed by atoms with Crippen molar-refractivity contribution in [3.05, 3.63) is 24.0 Å². The molecule has 0 bridgehead atoms. The molecule has 88 valence electrons. The molecule has 4 nitrogen and oxygen atoms in total. The molecule has 0 aromatic carbocycles. The second-order valence-electron chi connectivity index (χ2n) is 3.28. The average Bonchev–Trinajstić information content (AvgIpc) is 2.34. The Kier molecular flexibility index (Phi) is 5.71. The van der Waals surface area contributed by atoms with Gasteiger partial charge in [0, 0.05) is 13.6 Å². The van der Waals surface area contributed by atoms with Crippen LogP contribution in [-0.2, 0) is 0 Å². The Morgan fingerprint density at radius 2 is 2.31 bits per heavy atom. The third kappa shape index (κ3) is 4.10. The molecule has 0 saturated heterocycles. The van der Waals surface area contributed by atoms with Crippen molar-refractivity contribution < 1.29 is 4.79 Å². The number of anilines is 1. The van der Waals surface area contributed by atoms with Gasteiger partial charge in [0.1, 0.15) is 5.69 Å². The van der Waals surface area contributed by atoms with Crippen LogP contribution in [0, 0.1) is 0 Å². The zero-order chi connectivity index (χ0) is 11.8. The van der Waals surface area contributed by atoms with Gasteiger partial charge in [-0.1, -0.05) is 0 Å². The topological polar surface area (TPSA) is 54.0 Å². The molecule has 0 aliphatic heterocycles.